The molecular weight excluding hydrogens is 354 g/mol. The van der Waals surface area contributed by atoms with E-state index in [0.29, 0.717) is 0 Å². The Morgan fingerprint density at radius 1 is 1.00 bits per heavy atom. The fourth-order valence-corrected chi connectivity index (χ4v) is 0. The van der Waals surface area contributed by atoms with Crippen LogP contribution < -0.4 is 0 Å². The third-order valence-corrected chi connectivity index (χ3v) is 0. The third-order valence-electron chi connectivity index (χ3n) is 0. The van der Waals surface area contributed by atoms with Crippen molar-refractivity contribution in [3.63, 3.8) is 0 Å². The molecule has 0 heterocycles. The van der Waals surface area contributed by atoms with Crippen molar-refractivity contribution in [3.05, 3.63) is 0 Å². The van der Waals surface area contributed by atoms with Gasteiger partial charge in [-0.15, -0.1) is 0 Å². The molecule has 2 radical (unpaired) electrons. The van der Waals surface area contributed by atoms with Crippen molar-refractivity contribution in [3.8, 4) is 0 Å². The van der Waals surface area contributed by atoms with Crippen LogP contribution in [0.2, 0.25) is 0 Å². The van der Waals surface area contributed by atoms with E-state index in [2.05, 4.69) is 0 Å². The second-order valence-electron chi connectivity index (χ2n) is 0. The van der Waals surface area contributed by atoms with Crippen LogP contribution in [0.1, 0.15) is 0 Å². The SMILES string of the molecule is P.[CsH].[La].[V]. The zero-order valence-corrected chi connectivity index (χ0v) is 8.17. The van der Waals surface area contributed by atoms with Crippen LogP contribution in [0, 0.1) is 35.6 Å². The molecule has 0 aliphatic rings. The monoisotopic (exact) mass is 358 g/mol. The van der Waals surface area contributed by atoms with Crippen molar-refractivity contribution in [1.82, 2.24) is 0 Å². The van der Waals surface area contributed by atoms with Crippen molar-refractivity contribution in [2.75, 3.05) is 0 Å². The first kappa shape index (κ1) is 24.0. The molecule has 1 atom stereocenters. The van der Waals surface area contributed by atoms with E-state index in [1.165, 1.54) is 0 Å². The van der Waals surface area contributed by atoms with E-state index in [1.807, 2.05) is 0 Å². The molecule has 0 aromatic heterocycles. The topological polar surface area (TPSA) is 0 Å². The molecular formula is H4CsLaPV. The molecule has 0 spiro atoms. The van der Waals surface area contributed by atoms with Crippen LogP contribution in [0.4, 0.5) is 0 Å². The van der Waals surface area contributed by atoms with E-state index in [9.17, 15) is 0 Å². The zero-order chi connectivity index (χ0) is 0. The predicted molar refractivity (Wildman–Crippen MR) is 18.3 cm³/mol. The first-order valence-electron chi connectivity index (χ1n) is 0. The Balaban J connectivity index is 0. The van der Waals surface area contributed by atoms with Gasteiger partial charge in [-0.3, -0.25) is 0 Å². The van der Waals surface area contributed by atoms with Gasteiger partial charge in [0.05, 0.1) is 0 Å². The summed E-state index contributed by atoms with van der Waals surface area (Å²) in [6, 6.07) is 0. The molecule has 0 aliphatic heterocycles. The van der Waals surface area contributed by atoms with Gasteiger partial charge in [0, 0.05) is 54.2 Å². The molecule has 18 valence electrons. The van der Waals surface area contributed by atoms with Gasteiger partial charge in [0.15, 0.2) is 0 Å². The summed E-state index contributed by atoms with van der Waals surface area (Å²) in [6.07, 6.45) is 0. The summed E-state index contributed by atoms with van der Waals surface area (Å²) in [4.78, 5) is 0. The molecule has 0 saturated heterocycles. The molecule has 0 aromatic rings. The van der Waals surface area contributed by atoms with Crippen LogP contribution in [0.5, 0.6) is 0 Å². The smallest absolute Gasteiger partial charge is 0 e. The Hall–Kier alpha value is 4.26. The molecule has 0 saturated carbocycles. The van der Waals surface area contributed by atoms with E-state index < -0.39 is 0 Å². The van der Waals surface area contributed by atoms with Gasteiger partial charge in [-0.1, -0.05) is 0 Å². The molecule has 0 aromatic carbocycles. The van der Waals surface area contributed by atoms with Crippen molar-refractivity contribution < 1.29 is 54.2 Å². The van der Waals surface area contributed by atoms with Gasteiger partial charge in [0.2, 0.25) is 0 Å². The molecule has 0 N–H and O–H groups in total. The summed E-state index contributed by atoms with van der Waals surface area (Å²) >= 11 is 0. The van der Waals surface area contributed by atoms with E-state index in [-0.39, 0.29) is 133 Å². The van der Waals surface area contributed by atoms with Crippen LogP contribution >= 0.6 is 9.90 Å². The summed E-state index contributed by atoms with van der Waals surface area (Å²) in [5.74, 6) is 0. The molecule has 0 nitrogen and oxygen atoms in total. The van der Waals surface area contributed by atoms with Crippen LogP contribution in [0.3, 0.4) is 0 Å². The Bertz CT molecular complexity index is 8.00. The molecule has 4 heteroatoms. The Morgan fingerprint density at radius 2 is 1.00 bits per heavy atom. The molecule has 0 rings (SSSR count). The van der Waals surface area contributed by atoms with Gasteiger partial charge in [0.1, 0.15) is 0 Å². The Labute approximate surface area is 129 Å². The van der Waals surface area contributed by atoms with E-state index in [0.717, 1.165) is 0 Å². The first-order valence-corrected chi connectivity index (χ1v) is 0. The first-order chi connectivity index (χ1) is 0. The summed E-state index contributed by atoms with van der Waals surface area (Å²) in [5.41, 5.74) is 0. The minimum absolute atomic E-state index is 0. The average Bonchev–Trinajstić information content (AvgIpc) is 0. The van der Waals surface area contributed by atoms with Gasteiger partial charge >= 0.3 is 68.9 Å². The fraction of sp³-hybridized carbons (Fsp3) is 0. The molecule has 0 bridgehead atoms. The van der Waals surface area contributed by atoms with Gasteiger partial charge in [-0.2, -0.15) is 9.90 Å². The van der Waals surface area contributed by atoms with E-state index in [4.69, 9.17) is 0 Å². The minimum atomic E-state index is 0. The molecule has 0 amide bonds. The van der Waals surface area contributed by atoms with Crippen LogP contribution in [0.25, 0.3) is 0 Å². The third kappa shape index (κ3) is 9.54. The number of hydrogen-bond acceptors (Lipinski definition) is 0. The standard InChI is InChI=1S/Cs.La.H3P.V.H/h;;1H3;;. The van der Waals surface area contributed by atoms with Crippen molar-refractivity contribution in [2.24, 2.45) is 0 Å². The maximum Gasteiger partial charge on any atom is 0 e. The summed E-state index contributed by atoms with van der Waals surface area (Å²) < 4.78 is 0. The van der Waals surface area contributed by atoms with E-state index in [1.54, 1.807) is 0 Å². The van der Waals surface area contributed by atoms with Crippen LogP contribution in [-0.4, -0.2) is 68.9 Å². The predicted octanol–water partition coefficient (Wildman–Crippen LogP) is -0.593. The van der Waals surface area contributed by atoms with Crippen LogP contribution in [0.15, 0.2) is 0 Å². The minimum Gasteiger partial charge on any atom is 0 e. The summed E-state index contributed by atoms with van der Waals surface area (Å²) in [5, 5.41) is 0. The van der Waals surface area contributed by atoms with Gasteiger partial charge in [0.25, 0.3) is 0 Å². The van der Waals surface area contributed by atoms with Crippen LogP contribution in [-0.2, 0) is 18.6 Å². The van der Waals surface area contributed by atoms with Gasteiger partial charge < -0.3 is 0 Å². The number of rotatable bonds is 0. The average molecular weight is 358 g/mol. The molecule has 4 heavy (non-hydrogen) atoms. The second kappa shape index (κ2) is 15.7. The van der Waals surface area contributed by atoms with Crippen molar-refractivity contribution >= 4 is 78.8 Å². The second-order valence-corrected chi connectivity index (χ2v) is 0. The Morgan fingerprint density at radius 3 is 1.00 bits per heavy atom. The van der Waals surface area contributed by atoms with Gasteiger partial charge in [-0.25, -0.2) is 0 Å². The summed E-state index contributed by atoms with van der Waals surface area (Å²) in [7, 11) is 0. The maximum absolute atomic E-state index is 0. The van der Waals surface area contributed by atoms with Gasteiger partial charge in [-0.05, 0) is 0 Å². The summed E-state index contributed by atoms with van der Waals surface area (Å²) in [6.45, 7) is 0. The fourth-order valence-electron chi connectivity index (χ4n) is 0. The van der Waals surface area contributed by atoms with Crippen molar-refractivity contribution in [1.29, 1.82) is 0 Å². The molecule has 1 unspecified atom stereocenters. The zero-order valence-electron chi connectivity index (χ0n) is 1.73. The quantitative estimate of drug-likeness (QED) is 0.508. The normalized spacial score (nSPS) is 0. The number of hydrogen-bond donors (Lipinski definition) is 0. The maximum atomic E-state index is 0. The van der Waals surface area contributed by atoms with E-state index >= 15 is 0 Å². The Kier molecular flexibility index (Phi) is 94.0. The molecule has 0 aliphatic carbocycles. The largest absolute Gasteiger partial charge is 0 e. The molecule has 0 fully saturated rings. The van der Waals surface area contributed by atoms with Crippen molar-refractivity contribution in [2.45, 2.75) is 0 Å².